The molecule has 2 aromatic heterocycles. The van der Waals surface area contributed by atoms with Crippen LogP contribution in [0.2, 0.25) is 0 Å². The van der Waals surface area contributed by atoms with Crippen LogP contribution in [0.1, 0.15) is 23.5 Å². The average Bonchev–Trinajstić information content (AvgIpc) is 3.49. The van der Waals surface area contributed by atoms with E-state index in [0.29, 0.717) is 22.2 Å². The van der Waals surface area contributed by atoms with Crippen LogP contribution < -0.4 is 19.7 Å². The fourth-order valence-electron chi connectivity index (χ4n) is 4.52. The number of sulfonamides is 1. The van der Waals surface area contributed by atoms with Gasteiger partial charge in [0.25, 0.3) is 0 Å². The minimum Gasteiger partial charge on any atom is -0.494 e. The summed E-state index contributed by atoms with van der Waals surface area (Å²) in [5.74, 6) is 0.0312. The van der Waals surface area contributed by atoms with E-state index in [1.54, 1.807) is 36.5 Å². The van der Waals surface area contributed by atoms with Gasteiger partial charge in [-0.15, -0.1) is 0 Å². The molecule has 0 aliphatic carbocycles. The average molecular weight is 538 g/mol. The molecule has 3 heterocycles. The third-order valence-electron chi connectivity index (χ3n) is 6.04. The fourth-order valence-corrected chi connectivity index (χ4v) is 5.43. The van der Waals surface area contributed by atoms with Gasteiger partial charge in [-0.05, 0) is 72.9 Å². The summed E-state index contributed by atoms with van der Waals surface area (Å²) in [6.45, 7) is 0. The van der Waals surface area contributed by atoms with Gasteiger partial charge in [0.05, 0.1) is 30.8 Å². The second kappa shape index (κ2) is 9.83. The SMILES string of the molecule is COc1cc(N2C(=S)NC(c3ccccn3)C2c2cccn2-c2ccc(F)cc2)ccc1NS(C)(=O)=O. The van der Waals surface area contributed by atoms with Crippen molar-refractivity contribution in [2.24, 2.45) is 0 Å². The van der Waals surface area contributed by atoms with Crippen molar-refractivity contribution in [1.29, 1.82) is 0 Å². The Hall–Kier alpha value is -3.96. The highest BCUT2D eigenvalue weighted by Crippen LogP contribution is 2.44. The maximum Gasteiger partial charge on any atom is 0.229 e. The summed E-state index contributed by atoms with van der Waals surface area (Å²) in [5, 5.41) is 3.88. The van der Waals surface area contributed by atoms with Gasteiger partial charge in [0.15, 0.2) is 5.11 Å². The second-order valence-electron chi connectivity index (χ2n) is 8.53. The maximum atomic E-state index is 13.6. The van der Waals surface area contributed by atoms with Crippen LogP contribution in [0.25, 0.3) is 5.69 Å². The summed E-state index contributed by atoms with van der Waals surface area (Å²) in [7, 11) is -2.03. The van der Waals surface area contributed by atoms with Gasteiger partial charge >= 0.3 is 0 Å². The van der Waals surface area contributed by atoms with Crippen molar-refractivity contribution in [3.8, 4) is 11.4 Å². The molecular formula is C26H24FN5O3S2. The van der Waals surface area contributed by atoms with Crippen molar-refractivity contribution < 1.29 is 17.5 Å². The number of anilines is 2. The molecule has 5 rings (SSSR count). The third kappa shape index (κ3) is 5.00. The van der Waals surface area contributed by atoms with E-state index in [9.17, 15) is 12.8 Å². The fraction of sp³-hybridized carbons (Fsp3) is 0.154. The molecule has 0 bridgehead atoms. The Morgan fingerprint density at radius 2 is 1.81 bits per heavy atom. The van der Waals surface area contributed by atoms with E-state index >= 15 is 0 Å². The van der Waals surface area contributed by atoms with Gasteiger partial charge in [0.2, 0.25) is 10.0 Å². The van der Waals surface area contributed by atoms with Crippen molar-refractivity contribution in [2.75, 3.05) is 23.0 Å². The lowest BCUT2D eigenvalue weighted by atomic mass is 10.0. The molecule has 0 radical (unpaired) electrons. The minimum absolute atomic E-state index is 0.303. The predicted molar refractivity (Wildman–Crippen MR) is 145 cm³/mol. The summed E-state index contributed by atoms with van der Waals surface area (Å²) in [5.41, 5.74) is 3.51. The molecule has 1 saturated heterocycles. The zero-order valence-corrected chi connectivity index (χ0v) is 21.6. The van der Waals surface area contributed by atoms with Crippen LogP contribution in [0.4, 0.5) is 15.8 Å². The van der Waals surface area contributed by atoms with Crippen LogP contribution in [0, 0.1) is 5.82 Å². The van der Waals surface area contributed by atoms with E-state index < -0.39 is 10.0 Å². The Morgan fingerprint density at radius 3 is 2.49 bits per heavy atom. The number of hydrogen-bond acceptors (Lipinski definition) is 5. The number of nitrogens with zero attached hydrogens (tertiary/aromatic N) is 3. The second-order valence-corrected chi connectivity index (χ2v) is 10.7. The number of nitrogens with one attached hydrogen (secondary N) is 2. The number of rotatable bonds is 7. The van der Waals surface area contributed by atoms with Crippen LogP contribution in [-0.2, 0) is 10.0 Å². The predicted octanol–water partition coefficient (Wildman–Crippen LogP) is 4.57. The van der Waals surface area contributed by atoms with Crippen molar-refractivity contribution >= 4 is 38.7 Å². The van der Waals surface area contributed by atoms with Crippen molar-refractivity contribution in [3.05, 3.63) is 102 Å². The van der Waals surface area contributed by atoms with Crippen molar-refractivity contribution in [2.45, 2.75) is 12.1 Å². The molecule has 1 aliphatic rings. The highest BCUT2D eigenvalue weighted by Gasteiger charge is 2.42. The highest BCUT2D eigenvalue weighted by molar-refractivity contribution is 7.92. The van der Waals surface area contributed by atoms with Gasteiger partial charge in [-0.2, -0.15) is 0 Å². The minimum atomic E-state index is -3.50. The van der Waals surface area contributed by atoms with Gasteiger partial charge in [0.1, 0.15) is 17.6 Å². The molecule has 190 valence electrons. The number of hydrogen-bond donors (Lipinski definition) is 2. The lowest BCUT2D eigenvalue weighted by Crippen LogP contribution is -2.30. The largest absolute Gasteiger partial charge is 0.494 e. The van der Waals surface area contributed by atoms with Gasteiger partial charge in [-0.1, -0.05) is 6.07 Å². The quantitative estimate of drug-likeness (QED) is 0.334. The number of ether oxygens (including phenoxy) is 1. The maximum absolute atomic E-state index is 13.6. The third-order valence-corrected chi connectivity index (χ3v) is 6.95. The molecule has 2 N–H and O–H groups in total. The number of pyridine rings is 1. The topological polar surface area (TPSA) is 88.5 Å². The Morgan fingerprint density at radius 1 is 1.05 bits per heavy atom. The molecule has 37 heavy (non-hydrogen) atoms. The monoisotopic (exact) mass is 537 g/mol. The number of halogens is 1. The van der Waals surface area contributed by atoms with Crippen LogP contribution in [-0.4, -0.2) is 36.4 Å². The van der Waals surface area contributed by atoms with E-state index in [-0.39, 0.29) is 17.9 Å². The summed E-state index contributed by atoms with van der Waals surface area (Å²) < 4.78 is 47.2. The molecule has 2 unspecified atom stereocenters. The number of methoxy groups -OCH3 is 1. The molecule has 11 heteroatoms. The van der Waals surface area contributed by atoms with Crippen LogP contribution >= 0.6 is 12.2 Å². The lowest BCUT2D eigenvalue weighted by Gasteiger charge is -2.29. The van der Waals surface area contributed by atoms with E-state index in [0.717, 1.165) is 23.3 Å². The molecule has 0 saturated carbocycles. The first kappa shape index (κ1) is 24.7. The van der Waals surface area contributed by atoms with E-state index in [4.69, 9.17) is 17.0 Å². The highest BCUT2D eigenvalue weighted by atomic mass is 32.2. The Balaban J connectivity index is 1.64. The standard InChI is InChI=1S/C26H24FN5O3S2/c1-35-23-16-19(12-13-20(23)30-37(2,33)34)32-25(24(29-26(32)36)21-6-3-4-14-28-21)22-7-5-15-31(22)18-10-8-17(27)9-11-18/h3-16,24-25,30H,1-2H3,(H,29,36). The summed E-state index contributed by atoms with van der Waals surface area (Å²) in [6.07, 6.45) is 4.72. The molecule has 4 aromatic rings. The lowest BCUT2D eigenvalue weighted by molar-refractivity contribution is 0.417. The first-order chi connectivity index (χ1) is 17.7. The van der Waals surface area contributed by atoms with Crippen LogP contribution in [0.5, 0.6) is 5.75 Å². The zero-order chi connectivity index (χ0) is 26.2. The molecule has 1 fully saturated rings. The van der Waals surface area contributed by atoms with Gasteiger partial charge in [0, 0.05) is 35.5 Å². The van der Waals surface area contributed by atoms with E-state index in [1.807, 2.05) is 46.0 Å². The Bertz CT molecular complexity index is 1540. The number of aromatic nitrogens is 2. The molecular weight excluding hydrogens is 513 g/mol. The van der Waals surface area contributed by atoms with Crippen LogP contribution in [0.15, 0.2) is 85.2 Å². The smallest absolute Gasteiger partial charge is 0.229 e. The number of thiocarbonyl (C=S) groups is 1. The molecule has 0 amide bonds. The van der Waals surface area contributed by atoms with Crippen LogP contribution in [0.3, 0.4) is 0 Å². The zero-order valence-electron chi connectivity index (χ0n) is 20.0. The van der Waals surface area contributed by atoms with Gasteiger partial charge in [-0.25, -0.2) is 12.8 Å². The Labute approximate surface area is 219 Å². The van der Waals surface area contributed by atoms with Crippen molar-refractivity contribution in [3.63, 3.8) is 0 Å². The molecule has 1 aliphatic heterocycles. The first-order valence-electron chi connectivity index (χ1n) is 11.3. The van der Waals surface area contributed by atoms with E-state index in [1.165, 1.54) is 19.2 Å². The normalized spacial score (nSPS) is 17.5. The summed E-state index contributed by atoms with van der Waals surface area (Å²) in [4.78, 5) is 6.53. The molecule has 2 aromatic carbocycles. The van der Waals surface area contributed by atoms with Gasteiger partial charge < -0.3 is 19.5 Å². The summed E-state index contributed by atoms with van der Waals surface area (Å²) >= 11 is 5.80. The molecule has 8 nitrogen and oxygen atoms in total. The number of benzene rings is 2. The molecule has 2 atom stereocenters. The first-order valence-corrected chi connectivity index (χ1v) is 13.6. The Kier molecular flexibility index (Phi) is 6.57. The summed E-state index contributed by atoms with van der Waals surface area (Å²) in [6, 6.07) is 20.4. The van der Waals surface area contributed by atoms with Gasteiger partial charge in [-0.3, -0.25) is 9.71 Å². The molecule has 0 spiro atoms. The van der Waals surface area contributed by atoms with Crippen molar-refractivity contribution in [1.82, 2.24) is 14.9 Å². The van der Waals surface area contributed by atoms with E-state index in [2.05, 4.69) is 15.0 Å².